The molecule has 0 atom stereocenters. The van der Waals surface area contributed by atoms with E-state index in [0.717, 1.165) is 11.8 Å². The molecule has 0 unspecified atom stereocenters. The van der Waals surface area contributed by atoms with Crippen LogP contribution in [0.5, 0.6) is 0 Å². The van der Waals surface area contributed by atoms with Gasteiger partial charge in [0.15, 0.2) is 0 Å². The third-order valence-electron chi connectivity index (χ3n) is 4.10. The summed E-state index contributed by atoms with van der Waals surface area (Å²) in [6.07, 6.45) is 4.08. The minimum atomic E-state index is -3.44. The molecule has 2 amide bonds. The zero-order valence-electron chi connectivity index (χ0n) is 16.3. The predicted molar refractivity (Wildman–Crippen MR) is 116 cm³/mol. The van der Waals surface area contributed by atoms with Crippen molar-refractivity contribution < 1.29 is 18.0 Å². The lowest BCUT2D eigenvalue weighted by Crippen LogP contribution is -2.15. The molecule has 0 saturated heterocycles. The molecule has 1 heterocycles. The van der Waals surface area contributed by atoms with E-state index in [1.54, 1.807) is 67.7 Å². The van der Waals surface area contributed by atoms with E-state index in [2.05, 4.69) is 20.3 Å². The Labute approximate surface area is 174 Å². The van der Waals surface area contributed by atoms with E-state index in [0.29, 0.717) is 28.2 Å². The Morgan fingerprint density at radius 2 is 1.53 bits per heavy atom. The monoisotopic (exact) mass is 424 g/mol. The van der Waals surface area contributed by atoms with E-state index in [4.69, 9.17) is 0 Å². The maximum absolute atomic E-state index is 12.6. The highest BCUT2D eigenvalue weighted by atomic mass is 32.2. The van der Waals surface area contributed by atoms with E-state index in [9.17, 15) is 18.0 Å². The number of hydrogen-bond donors (Lipinski definition) is 3. The van der Waals surface area contributed by atoms with Crippen LogP contribution in [-0.4, -0.2) is 31.5 Å². The van der Waals surface area contributed by atoms with Crippen LogP contribution in [0.25, 0.3) is 0 Å². The molecule has 9 heteroatoms. The summed E-state index contributed by atoms with van der Waals surface area (Å²) in [5, 5.41) is 5.45. The summed E-state index contributed by atoms with van der Waals surface area (Å²) < 4.78 is 25.4. The van der Waals surface area contributed by atoms with Gasteiger partial charge >= 0.3 is 0 Å². The zero-order chi connectivity index (χ0) is 21.7. The molecule has 8 nitrogen and oxygen atoms in total. The molecule has 0 fully saturated rings. The first-order valence-electron chi connectivity index (χ1n) is 8.92. The number of sulfonamides is 1. The lowest BCUT2D eigenvalue weighted by atomic mass is 10.1. The highest BCUT2D eigenvalue weighted by Gasteiger charge is 2.11. The summed E-state index contributed by atoms with van der Waals surface area (Å²) in [6.45, 7) is 1.76. The number of carbonyl (C=O) groups excluding carboxylic acids is 2. The molecule has 1 aromatic heterocycles. The van der Waals surface area contributed by atoms with Gasteiger partial charge in [-0.25, -0.2) is 8.42 Å². The fourth-order valence-corrected chi connectivity index (χ4v) is 3.27. The molecule has 0 aliphatic heterocycles. The molecule has 3 N–H and O–H groups in total. The number of nitrogens with zero attached hydrogens (tertiary/aromatic N) is 1. The lowest BCUT2D eigenvalue weighted by Gasteiger charge is -2.12. The van der Waals surface area contributed by atoms with Crippen molar-refractivity contribution in [3.8, 4) is 0 Å². The van der Waals surface area contributed by atoms with Gasteiger partial charge in [0, 0.05) is 29.3 Å². The molecule has 0 spiro atoms. The third-order valence-corrected chi connectivity index (χ3v) is 4.69. The fraction of sp³-hybridized carbons (Fsp3) is 0.0952. The molecular weight excluding hydrogens is 404 g/mol. The first kappa shape index (κ1) is 21.0. The Morgan fingerprint density at radius 1 is 0.867 bits per heavy atom. The van der Waals surface area contributed by atoms with Gasteiger partial charge < -0.3 is 10.6 Å². The van der Waals surface area contributed by atoms with Crippen LogP contribution in [0, 0.1) is 6.92 Å². The van der Waals surface area contributed by atoms with E-state index >= 15 is 0 Å². The number of hydrogen-bond acceptors (Lipinski definition) is 5. The summed E-state index contributed by atoms with van der Waals surface area (Å²) in [5.41, 5.74) is 2.72. The SMILES string of the molecule is Cc1ccc(NC(=O)c2cccc(NC(=O)c3cccnc3)c2)cc1NS(C)(=O)=O. The van der Waals surface area contributed by atoms with Gasteiger partial charge in [0.2, 0.25) is 10.0 Å². The average Bonchev–Trinajstić information content (AvgIpc) is 2.70. The van der Waals surface area contributed by atoms with Crippen molar-refractivity contribution in [2.24, 2.45) is 0 Å². The van der Waals surface area contributed by atoms with Crippen LogP contribution in [0.4, 0.5) is 17.1 Å². The summed E-state index contributed by atoms with van der Waals surface area (Å²) >= 11 is 0. The van der Waals surface area contributed by atoms with E-state index in [1.165, 1.54) is 6.20 Å². The second-order valence-corrected chi connectivity index (χ2v) is 8.38. The Morgan fingerprint density at radius 3 is 2.20 bits per heavy atom. The number of amides is 2. The minimum absolute atomic E-state index is 0.331. The summed E-state index contributed by atoms with van der Waals surface area (Å²) in [4.78, 5) is 28.8. The summed E-state index contributed by atoms with van der Waals surface area (Å²) in [6, 6.07) is 14.7. The van der Waals surface area contributed by atoms with Crippen LogP contribution in [0.3, 0.4) is 0 Å². The highest BCUT2D eigenvalue weighted by Crippen LogP contribution is 2.22. The van der Waals surface area contributed by atoms with Gasteiger partial charge in [-0.05, 0) is 55.0 Å². The number of anilines is 3. The number of rotatable bonds is 6. The van der Waals surface area contributed by atoms with Crippen molar-refractivity contribution >= 4 is 38.9 Å². The molecule has 2 aromatic carbocycles. The van der Waals surface area contributed by atoms with Crippen LogP contribution in [0.1, 0.15) is 26.3 Å². The lowest BCUT2D eigenvalue weighted by molar-refractivity contribution is 0.101. The molecule has 30 heavy (non-hydrogen) atoms. The number of aromatic nitrogens is 1. The molecule has 0 radical (unpaired) electrons. The quantitative estimate of drug-likeness (QED) is 0.561. The van der Waals surface area contributed by atoms with E-state index in [-0.39, 0.29) is 5.91 Å². The van der Waals surface area contributed by atoms with Gasteiger partial charge in [-0.1, -0.05) is 12.1 Å². The summed E-state index contributed by atoms with van der Waals surface area (Å²) in [7, 11) is -3.44. The van der Waals surface area contributed by atoms with Crippen molar-refractivity contribution in [2.75, 3.05) is 21.6 Å². The predicted octanol–water partition coefficient (Wildman–Crippen LogP) is 3.27. The minimum Gasteiger partial charge on any atom is -0.322 e. The Kier molecular flexibility index (Phi) is 6.12. The van der Waals surface area contributed by atoms with Gasteiger partial charge in [0.25, 0.3) is 11.8 Å². The molecule has 3 rings (SSSR count). The van der Waals surface area contributed by atoms with Crippen molar-refractivity contribution in [2.45, 2.75) is 6.92 Å². The zero-order valence-corrected chi connectivity index (χ0v) is 17.2. The van der Waals surface area contributed by atoms with Gasteiger partial charge in [0.05, 0.1) is 17.5 Å². The first-order chi connectivity index (χ1) is 14.2. The van der Waals surface area contributed by atoms with E-state index < -0.39 is 15.9 Å². The molecule has 0 bridgehead atoms. The van der Waals surface area contributed by atoms with Gasteiger partial charge in [-0.15, -0.1) is 0 Å². The second-order valence-electron chi connectivity index (χ2n) is 6.63. The van der Waals surface area contributed by atoms with Crippen LogP contribution < -0.4 is 15.4 Å². The average molecular weight is 424 g/mol. The van der Waals surface area contributed by atoms with Crippen molar-refractivity contribution in [3.05, 3.63) is 83.7 Å². The number of benzene rings is 2. The van der Waals surface area contributed by atoms with Gasteiger partial charge in [-0.3, -0.25) is 19.3 Å². The third kappa shape index (κ3) is 5.65. The summed E-state index contributed by atoms with van der Waals surface area (Å²) in [5.74, 6) is -0.739. The Hall–Kier alpha value is -3.72. The largest absolute Gasteiger partial charge is 0.322 e. The number of nitrogens with one attached hydrogen (secondary N) is 3. The molecular formula is C21H20N4O4S. The van der Waals surface area contributed by atoms with E-state index in [1.807, 2.05) is 0 Å². The number of aryl methyl sites for hydroxylation is 1. The highest BCUT2D eigenvalue weighted by molar-refractivity contribution is 7.92. The molecule has 154 valence electrons. The Balaban J connectivity index is 1.74. The second kappa shape index (κ2) is 8.75. The number of carbonyl (C=O) groups is 2. The standard InChI is InChI=1S/C21H20N4O4S/c1-14-8-9-18(12-19(14)25-30(2,28)29)24-20(26)15-5-3-7-17(11-15)23-21(27)16-6-4-10-22-13-16/h3-13,25H,1-2H3,(H,23,27)(H,24,26). The smallest absolute Gasteiger partial charge is 0.257 e. The first-order valence-corrected chi connectivity index (χ1v) is 10.8. The molecule has 0 saturated carbocycles. The molecule has 0 aliphatic rings. The van der Waals surface area contributed by atoms with Crippen molar-refractivity contribution in [1.29, 1.82) is 0 Å². The molecule has 0 aliphatic carbocycles. The van der Waals surface area contributed by atoms with Crippen LogP contribution >= 0.6 is 0 Å². The van der Waals surface area contributed by atoms with Crippen molar-refractivity contribution in [1.82, 2.24) is 4.98 Å². The van der Waals surface area contributed by atoms with Crippen molar-refractivity contribution in [3.63, 3.8) is 0 Å². The maximum Gasteiger partial charge on any atom is 0.257 e. The normalized spacial score (nSPS) is 10.9. The Bertz CT molecular complexity index is 1190. The number of pyridine rings is 1. The topological polar surface area (TPSA) is 117 Å². The van der Waals surface area contributed by atoms with Crippen LogP contribution in [0.15, 0.2) is 67.0 Å². The van der Waals surface area contributed by atoms with Gasteiger partial charge in [0.1, 0.15) is 0 Å². The maximum atomic E-state index is 12.6. The van der Waals surface area contributed by atoms with Crippen LogP contribution in [0.2, 0.25) is 0 Å². The van der Waals surface area contributed by atoms with Gasteiger partial charge in [-0.2, -0.15) is 0 Å². The fourth-order valence-electron chi connectivity index (χ4n) is 2.65. The van der Waals surface area contributed by atoms with Crippen LogP contribution in [-0.2, 0) is 10.0 Å². The molecule has 3 aromatic rings.